The van der Waals surface area contributed by atoms with Gasteiger partial charge >= 0.3 is 0 Å². The average Bonchev–Trinajstić information content (AvgIpc) is 2.69. The van der Waals surface area contributed by atoms with Crippen molar-refractivity contribution in [3.63, 3.8) is 0 Å². The Morgan fingerprint density at radius 3 is 2.21 bits per heavy atom. The third kappa shape index (κ3) is 1.67. The minimum atomic E-state index is 0. The van der Waals surface area contributed by atoms with E-state index in [9.17, 15) is 0 Å². The molecule has 2 atom stereocenters. The first kappa shape index (κ1) is 11.5. The molecule has 2 heteroatoms. The van der Waals surface area contributed by atoms with Crippen molar-refractivity contribution in [2.45, 2.75) is 19.8 Å². The topological polar surface area (TPSA) is 26.0 Å². The van der Waals surface area contributed by atoms with E-state index in [0.29, 0.717) is 17.3 Å². The van der Waals surface area contributed by atoms with Gasteiger partial charge in [0, 0.05) is 0 Å². The Labute approximate surface area is 92.1 Å². The molecule has 1 aromatic rings. The molecule has 0 bridgehead atoms. The fourth-order valence-corrected chi connectivity index (χ4v) is 2.51. The van der Waals surface area contributed by atoms with Gasteiger partial charge in [0.25, 0.3) is 0 Å². The fourth-order valence-electron chi connectivity index (χ4n) is 2.51. The monoisotopic (exact) mass is 211 g/mol. The number of hydrogen-bond acceptors (Lipinski definition) is 1. The van der Waals surface area contributed by atoms with E-state index < -0.39 is 0 Å². The van der Waals surface area contributed by atoms with Crippen LogP contribution in [-0.2, 0) is 0 Å². The molecule has 1 aliphatic rings. The van der Waals surface area contributed by atoms with E-state index in [4.69, 9.17) is 5.73 Å². The van der Waals surface area contributed by atoms with E-state index in [1.807, 2.05) is 0 Å². The predicted molar refractivity (Wildman–Crippen MR) is 62.8 cm³/mol. The molecular formula is C12H18ClN. The number of hydrogen-bond donors (Lipinski definition) is 1. The van der Waals surface area contributed by atoms with Crippen LogP contribution in [0.5, 0.6) is 0 Å². The minimum Gasteiger partial charge on any atom is -0.330 e. The van der Waals surface area contributed by atoms with Gasteiger partial charge in [0.15, 0.2) is 0 Å². The van der Waals surface area contributed by atoms with Crippen molar-refractivity contribution in [1.82, 2.24) is 0 Å². The Bertz CT molecular complexity index is 294. The quantitative estimate of drug-likeness (QED) is 0.800. The van der Waals surface area contributed by atoms with Crippen molar-refractivity contribution in [3.8, 4) is 0 Å². The maximum atomic E-state index is 5.74. The summed E-state index contributed by atoms with van der Waals surface area (Å²) in [6.07, 6.45) is 0. The number of rotatable bonds is 2. The minimum absolute atomic E-state index is 0. The van der Waals surface area contributed by atoms with Crippen LogP contribution in [-0.4, -0.2) is 6.54 Å². The van der Waals surface area contributed by atoms with E-state index >= 15 is 0 Å². The number of nitrogens with two attached hydrogens (primary N) is 1. The van der Waals surface area contributed by atoms with Gasteiger partial charge in [0.2, 0.25) is 0 Å². The molecule has 0 radical (unpaired) electrons. The first-order valence-corrected chi connectivity index (χ1v) is 4.93. The lowest BCUT2D eigenvalue weighted by atomic mass is 10.0. The molecule has 1 aliphatic carbocycles. The largest absolute Gasteiger partial charge is 0.330 e. The van der Waals surface area contributed by atoms with Gasteiger partial charge in [-0.05, 0) is 29.4 Å². The van der Waals surface area contributed by atoms with E-state index in [1.54, 1.807) is 0 Å². The molecule has 0 aromatic heterocycles. The molecule has 1 aromatic carbocycles. The molecule has 14 heavy (non-hydrogen) atoms. The van der Waals surface area contributed by atoms with E-state index in [1.165, 1.54) is 5.56 Å². The molecule has 0 saturated heterocycles. The summed E-state index contributed by atoms with van der Waals surface area (Å²) in [5, 5.41) is 0. The summed E-state index contributed by atoms with van der Waals surface area (Å²) in [6, 6.07) is 10.7. The molecular weight excluding hydrogens is 194 g/mol. The number of halogens is 1. The van der Waals surface area contributed by atoms with Crippen LogP contribution < -0.4 is 5.73 Å². The van der Waals surface area contributed by atoms with Crippen LogP contribution in [0.15, 0.2) is 30.3 Å². The Balaban J connectivity index is 0.000000980. The molecule has 2 unspecified atom stereocenters. The summed E-state index contributed by atoms with van der Waals surface area (Å²) >= 11 is 0. The molecule has 2 rings (SSSR count). The van der Waals surface area contributed by atoms with Gasteiger partial charge in [-0.25, -0.2) is 0 Å². The molecule has 78 valence electrons. The molecule has 0 spiro atoms. The first-order chi connectivity index (χ1) is 6.18. The van der Waals surface area contributed by atoms with E-state index in [0.717, 1.165) is 6.54 Å². The van der Waals surface area contributed by atoms with Crippen molar-refractivity contribution < 1.29 is 0 Å². The summed E-state index contributed by atoms with van der Waals surface area (Å²) in [4.78, 5) is 0. The molecule has 1 fully saturated rings. The third-order valence-electron chi connectivity index (χ3n) is 3.46. The van der Waals surface area contributed by atoms with Gasteiger partial charge < -0.3 is 5.73 Å². The van der Waals surface area contributed by atoms with E-state index in [2.05, 4.69) is 44.2 Å². The van der Waals surface area contributed by atoms with Crippen LogP contribution >= 0.6 is 12.4 Å². The maximum Gasteiger partial charge on any atom is -0.00375 e. The smallest absolute Gasteiger partial charge is 0.00375 e. The molecule has 1 nitrogen and oxygen atoms in total. The van der Waals surface area contributed by atoms with Crippen LogP contribution in [0.3, 0.4) is 0 Å². The lowest BCUT2D eigenvalue weighted by molar-refractivity contribution is 0.558. The van der Waals surface area contributed by atoms with Gasteiger partial charge in [-0.15, -0.1) is 12.4 Å². The predicted octanol–water partition coefficient (Wildman–Crippen LogP) is 2.81. The molecule has 0 heterocycles. The zero-order valence-electron chi connectivity index (χ0n) is 8.73. The van der Waals surface area contributed by atoms with Gasteiger partial charge in [-0.2, -0.15) is 0 Å². The normalized spacial score (nSPS) is 27.9. The Kier molecular flexibility index (Phi) is 3.23. The lowest BCUT2D eigenvalue weighted by Crippen LogP contribution is -2.05. The molecule has 2 N–H and O–H groups in total. The highest BCUT2D eigenvalue weighted by Crippen LogP contribution is 2.63. The van der Waals surface area contributed by atoms with Crippen molar-refractivity contribution >= 4 is 12.4 Å². The Morgan fingerprint density at radius 1 is 1.21 bits per heavy atom. The SMILES string of the molecule is CC1(C)C(CN)C1c1ccccc1.Cl. The summed E-state index contributed by atoms with van der Waals surface area (Å²) in [5.41, 5.74) is 7.60. The highest BCUT2D eigenvalue weighted by Gasteiger charge is 2.56. The first-order valence-electron chi connectivity index (χ1n) is 4.93. The van der Waals surface area contributed by atoms with Gasteiger partial charge in [-0.3, -0.25) is 0 Å². The molecule has 0 amide bonds. The van der Waals surface area contributed by atoms with Gasteiger partial charge in [0.1, 0.15) is 0 Å². The zero-order chi connectivity index (χ0) is 9.47. The number of benzene rings is 1. The van der Waals surface area contributed by atoms with Crippen molar-refractivity contribution in [2.24, 2.45) is 17.1 Å². The highest BCUT2D eigenvalue weighted by molar-refractivity contribution is 5.85. The highest BCUT2D eigenvalue weighted by atomic mass is 35.5. The van der Waals surface area contributed by atoms with Crippen molar-refractivity contribution in [2.75, 3.05) is 6.54 Å². The van der Waals surface area contributed by atoms with Crippen molar-refractivity contribution in [1.29, 1.82) is 0 Å². The lowest BCUT2D eigenvalue weighted by Gasteiger charge is -2.01. The van der Waals surface area contributed by atoms with Gasteiger partial charge in [-0.1, -0.05) is 44.2 Å². The summed E-state index contributed by atoms with van der Waals surface area (Å²) in [5.74, 6) is 1.36. The Hall–Kier alpha value is -0.530. The van der Waals surface area contributed by atoms with Crippen LogP contribution in [0, 0.1) is 11.3 Å². The second-order valence-corrected chi connectivity index (χ2v) is 4.55. The van der Waals surface area contributed by atoms with Crippen LogP contribution in [0.2, 0.25) is 0 Å². The summed E-state index contributed by atoms with van der Waals surface area (Å²) < 4.78 is 0. The summed E-state index contributed by atoms with van der Waals surface area (Å²) in [7, 11) is 0. The van der Waals surface area contributed by atoms with Crippen LogP contribution in [0.25, 0.3) is 0 Å². The van der Waals surface area contributed by atoms with Gasteiger partial charge in [0.05, 0.1) is 0 Å². The molecule has 0 aliphatic heterocycles. The van der Waals surface area contributed by atoms with Crippen LogP contribution in [0.4, 0.5) is 0 Å². The third-order valence-corrected chi connectivity index (χ3v) is 3.46. The average molecular weight is 212 g/mol. The second-order valence-electron chi connectivity index (χ2n) is 4.55. The fraction of sp³-hybridized carbons (Fsp3) is 0.500. The Morgan fingerprint density at radius 2 is 1.79 bits per heavy atom. The standard InChI is InChI=1S/C12H17N.ClH/c1-12(2)10(8-13)11(12)9-6-4-3-5-7-9;/h3-7,10-11H,8,13H2,1-2H3;1H. The zero-order valence-corrected chi connectivity index (χ0v) is 9.55. The summed E-state index contributed by atoms with van der Waals surface area (Å²) in [6.45, 7) is 5.43. The molecule has 1 saturated carbocycles. The van der Waals surface area contributed by atoms with E-state index in [-0.39, 0.29) is 12.4 Å². The van der Waals surface area contributed by atoms with Crippen LogP contribution in [0.1, 0.15) is 25.3 Å². The second kappa shape index (κ2) is 3.92. The maximum absolute atomic E-state index is 5.74. The van der Waals surface area contributed by atoms with Crippen molar-refractivity contribution in [3.05, 3.63) is 35.9 Å².